The molecular formula is C89H150O17P2. The lowest BCUT2D eigenvalue weighted by atomic mass is 10.1. The molecule has 17 nitrogen and oxygen atoms in total. The fourth-order valence-corrected chi connectivity index (χ4v) is 12.4. The molecule has 0 rings (SSSR count). The van der Waals surface area contributed by atoms with Crippen LogP contribution in [0.25, 0.3) is 0 Å². The van der Waals surface area contributed by atoms with Crippen molar-refractivity contribution in [2.75, 3.05) is 39.6 Å². The van der Waals surface area contributed by atoms with Gasteiger partial charge in [-0.1, -0.05) is 289 Å². The number of phosphoric ester groups is 2. The van der Waals surface area contributed by atoms with Crippen LogP contribution < -0.4 is 0 Å². The summed E-state index contributed by atoms with van der Waals surface area (Å²) >= 11 is 0. The van der Waals surface area contributed by atoms with Gasteiger partial charge in [-0.3, -0.25) is 37.3 Å². The molecule has 3 N–H and O–H groups in total. The number of ether oxygens (including phenoxy) is 4. The number of carbonyl (C=O) groups excluding carboxylic acids is 4. The number of unbranched alkanes of at least 4 members (excludes halogenated alkanes) is 28. The monoisotopic (exact) mass is 1550 g/mol. The summed E-state index contributed by atoms with van der Waals surface area (Å²) in [6.07, 6.45) is 92.4. The zero-order chi connectivity index (χ0) is 78.9. The highest BCUT2D eigenvalue weighted by Gasteiger charge is 2.30. The highest BCUT2D eigenvalue weighted by molar-refractivity contribution is 7.47. The molecule has 618 valence electrons. The smallest absolute Gasteiger partial charge is 0.462 e. The second kappa shape index (κ2) is 80.0. The second-order valence-electron chi connectivity index (χ2n) is 27.7. The van der Waals surface area contributed by atoms with Gasteiger partial charge in [-0.15, -0.1) is 0 Å². The van der Waals surface area contributed by atoms with Crippen molar-refractivity contribution < 1.29 is 80.2 Å². The maximum absolute atomic E-state index is 13.1. The highest BCUT2D eigenvalue weighted by Crippen LogP contribution is 2.45. The summed E-state index contributed by atoms with van der Waals surface area (Å²) in [7, 11) is -9.99. The number of rotatable bonds is 78. The molecule has 0 amide bonds. The summed E-state index contributed by atoms with van der Waals surface area (Å²) in [6.45, 7) is 4.61. The van der Waals surface area contributed by atoms with Gasteiger partial charge in [0.05, 0.1) is 26.4 Å². The van der Waals surface area contributed by atoms with E-state index >= 15 is 0 Å². The quantitative estimate of drug-likeness (QED) is 0.0169. The summed E-state index contributed by atoms with van der Waals surface area (Å²) in [4.78, 5) is 73.1. The van der Waals surface area contributed by atoms with Crippen molar-refractivity contribution >= 4 is 39.5 Å². The molecule has 19 heteroatoms. The number of phosphoric acid groups is 2. The van der Waals surface area contributed by atoms with Crippen molar-refractivity contribution in [1.82, 2.24) is 0 Å². The minimum Gasteiger partial charge on any atom is -0.462 e. The van der Waals surface area contributed by atoms with Crippen LogP contribution in [0.3, 0.4) is 0 Å². The first-order valence-corrected chi connectivity index (χ1v) is 45.1. The zero-order valence-corrected chi connectivity index (χ0v) is 69.5. The van der Waals surface area contributed by atoms with Crippen molar-refractivity contribution in [2.24, 2.45) is 0 Å². The molecule has 108 heavy (non-hydrogen) atoms. The van der Waals surface area contributed by atoms with E-state index in [1.165, 1.54) is 51.4 Å². The average Bonchev–Trinajstić information content (AvgIpc) is 0.899. The summed E-state index contributed by atoms with van der Waals surface area (Å²) in [6, 6.07) is 0. The number of hydrogen-bond donors (Lipinski definition) is 3. The predicted octanol–water partition coefficient (Wildman–Crippen LogP) is 25.0. The lowest BCUT2D eigenvalue weighted by molar-refractivity contribution is -0.161. The molecule has 0 saturated heterocycles. The minimum atomic E-state index is -4.99. The summed E-state index contributed by atoms with van der Waals surface area (Å²) in [5, 5.41) is 10.7. The third-order valence-electron chi connectivity index (χ3n) is 17.3. The Balaban J connectivity index is 5.39. The van der Waals surface area contributed by atoms with E-state index in [-0.39, 0.29) is 25.7 Å². The number of aliphatic hydroxyl groups is 1. The van der Waals surface area contributed by atoms with Gasteiger partial charge in [0, 0.05) is 25.7 Å². The van der Waals surface area contributed by atoms with E-state index in [1.807, 2.05) is 0 Å². The molecule has 0 spiro atoms. The van der Waals surface area contributed by atoms with Crippen molar-refractivity contribution in [2.45, 2.75) is 354 Å². The average molecular weight is 1550 g/mol. The Hall–Kier alpha value is -5.06. The third kappa shape index (κ3) is 79.0. The Bertz CT molecular complexity index is 2610. The molecule has 5 unspecified atom stereocenters. The second-order valence-corrected chi connectivity index (χ2v) is 30.6. The van der Waals surface area contributed by atoms with E-state index in [9.17, 15) is 43.2 Å². The van der Waals surface area contributed by atoms with Gasteiger partial charge in [0.25, 0.3) is 0 Å². The minimum absolute atomic E-state index is 0.0728. The number of hydrogen-bond acceptors (Lipinski definition) is 15. The molecule has 0 bridgehead atoms. The van der Waals surface area contributed by atoms with Crippen LogP contribution in [0.1, 0.15) is 336 Å². The third-order valence-corrected chi connectivity index (χ3v) is 19.2. The van der Waals surface area contributed by atoms with Crippen molar-refractivity contribution in [1.29, 1.82) is 0 Å². The molecule has 0 fully saturated rings. The topological polar surface area (TPSA) is 237 Å². The first kappa shape index (κ1) is 103. The van der Waals surface area contributed by atoms with Crippen LogP contribution >= 0.6 is 15.6 Å². The van der Waals surface area contributed by atoms with Crippen LogP contribution in [0.5, 0.6) is 0 Å². The lowest BCUT2D eigenvalue weighted by Gasteiger charge is -2.21. The molecule has 0 aromatic heterocycles. The molecule has 0 aromatic carbocycles. The molecule has 0 aliphatic rings. The maximum Gasteiger partial charge on any atom is 0.472 e. The van der Waals surface area contributed by atoms with Crippen LogP contribution in [0, 0.1) is 0 Å². The fourth-order valence-electron chi connectivity index (χ4n) is 10.8. The molecular weight excluding hydrogens is 1400 g/mol. The number of esters is 4. The Morgan fingerprint density at radius 1 is 0.269 bits per heavy atom. The van der Waals surface area contributed by atoms with Gasteiger partial charge in [-0.05, 0) is 167 Å². The van der Waals surface area contributed by atoms with Crippen LogP contribution in [0.15, 0.2) is 146 Å². The number of carbonyl (C=O) groups is 4. The molecule has 0 saturated carbocycles. The van der Waals surface area contributed by atoms with E-state index in [2.05, 4.69) is 174 Å². The van der Waals surface area contributed by atoms with E-state index < -0.39 is 97.5 Å². The van der Waals surface area contributed by atoms with Gasteiger partial charge < -0.3 is 33.8 Å². The first-order chi connectivity index (χ1) is 52.7. The van der Waals surface area contributed by atoms with Crippen LogP contribution in [-0.2, 0) is 65.4 Å². The van der Waals surface area contributed by atoms with Gasteiger partial charge in [-0.2, -0.15) is 0 Å². The molecule has 0 heterocycles. The van der Waals surface area contributed by atoms with Gasteiger partial charge in [0.1, 0.15) is 19.3 Å². The Kier molecular flexibility index (Phi) is 76.3. The fraction of sp³-hybridized carbons (Fsp3) is 0.685. The lowest BCUT2D eigenvalue weighted by Crippen LogP contribution is -2.30. The van der Waals surface area contributed by atoms with Gasteiger partial charge in [0.15, 0.2) is 12.2 Å². The van der Waals surface area contributed by atoms with Gasteiger partial charge >= 0.3 is 39.5 Å². The molecule has 5 atom stereocenters. The van der Waals surface area contributed by atoms with E-state index in [0.717, 1.165) is 205 Å². The standard InChI is InChI=1S/C89H150O17P2/c1-5-9-13-17-21-25-29-32-35-38-41-44-47-50-54-57-61-65-69-73-86(91)99-79-84(105-88(93)75-71-67-63-59-53-28-24-20-16-12-8-4)81-103-107(95,96)101-77-83(90)78-102-108(97,98)104-82-85(106-89(94)76-72-68-64-60-56-52-49-46-43-40-37-34-31-27-23-19-15-11-7-3)80-100-87(92)74-70-66-62-58-55-51-48-45-42-39-36-33-30-26-22-18-14-10-6-2/h9,13,20-27,32-37,41-46,50,54,83-85,90H,5-8,10-12,14-19,28-31,38-40,47-49,51-53,55-82H2,1-4H3,(H,95,96)(H,97,98)/b13-9-,24-20-,25-21-,26-22-,27-23-,35-32-,36-33-,37-34-,44-41-,45-42-,46-43-,54-50-. The normalized spacial score (nSPS) is 14.5. The molecule has 0 radical (unpaired) electrons. The van der Waals surface area contributed by atoms with Crippen molar-refractivity contribution in [3.8, 4) is 0 Å². The zero-order valence-electron chi connectivity index (χ0n) is 67.7. The molecule has 0 aliphatic heterocycles. The number of allylic oxidation sites excluding steroid dienone is 24. The van der Waals surface area contributed by atoms with Crippen molar-refractivity contribution in [3.05, 3.63) is 146 Å². The van der Waals surface area contributed by atoms with Crippen LogP contribution in [0.4, 0.5) is 0 Å². The summed E-state index contributed by atoms with van der Waals surface area (Å²) < 4.78 is 68.7. The SMILES string of the molecule is CC/C=C\C/C=C\C/C=C\C/C=C\C/C=C\CCCCCC(=O)OCC(COP(=O)(O)OCC(O)COP(=O)(O)OCC(COC(=O)CCCCCCCC/C=C\C/C=C\C/C=C\CCCCC)OC(=O)CCCCCCCC/C=C\C/C=C\C/C=C\CCCCC)OC(=O)CCCCCCC/C=C\CCCC. The van der Waals surface area contributed by atoms with E-state index in [1.54, 1.807) is 0 Å². The van der Waals surface area contributed by atoms with Crippen LogP contribution in [0.2, 0.25) is 0 Å². The Morgan fingerprint density at radius 2 is 0.491 bits per heavy atom. The highest BCUT2D eigenvalue weighted by atomic mass is 31.2. The van der Waals surface area contributed by atoms with E-state index in [4.69, 9.17) is 37.0 Å². The predicted molar refractivity (Wildman–Crippen MR) is 445 cm³/mol. The number of aliphatic hydroxyl groups excluding tert-OH is 1. The summed E-state index contributed by atoms with van der Waals surface area (Å²) in [5.41, 5.74) is 0. The van der Waals surface area contributed by atoms with Gasteiger partial charge in [-0.25, -0.2) is 9.13 Å². The van der Waals surface area contributed by atoms with E-state index in [0.29, 0.717) is 25.7 Å². The van der Waals surface area contributed by atoms with Crippen LogP contribution in [-0.4, -0.2) is 96.7 Å². The van der Waals surface area contributed by atoms with Gasteiger partial charge in [0.2, 0.25) is 0 Å². The molecule has 0 aromatic rings. The molecule has 0 aliphatic carbocycles. The summed E-state index contributed by atoms with van der Waals surface area (Å²) in [5.74, 6) is -2.25. The first-order valence-electron chi connectivity index (χ1n) is 42.1. The largest absolute Gasteiger partial charge is 0.472 e. The Morgan fingerprint density at radius 3 is 0.787 bits per heavy atom. The van der Waals surface area contributed by atoms with Crippen molar-refractivity contribution in [3.63, 3.8) is 0 Å². The maximum atomic E-state index is 13.1. The Labute approximate surface area is 656 Å².